The van der Waals surface area contributed by atoms with Crippen molar-refractivity contribution < 1.29 is 9.47 Å². The van der Waals surface area contributed by atoms with Crippen molar-refractivity contribution in [1.82, 2.24) is 15.1 Å². The van der Waals surface area contributed by atoms with Crippen molar-refractivity contribution in [2.24, 2.45) is 10.9 Å². The molecule has 3 fully saturated rings. The molecule has 0 aromatic carbocycles. The normalized spacial score (nSPS) is 25.7. The Morgan fingerprint density at radius 3 is 2.48 bits per heavy atom. The molecule has 0 saturated carbocycles. The van der Waals surface area contributed by atoms with Crippen LogP contribution in [0.1, 0.15) is 58.8 Å². The van der Waals surface area contributed by atoms with Gasteiger partial charge in [-0.05, 0) is 70.9 Å². The lowest BCUT2D eigenvalue weighted by Crippen LogP contribution is -2.47. The minimum Gasteiger partial charge on any atom is -0.376 e. The van der Waals surface area contributed by atoms with Crippen LogP contribution in [0.2, 0.25) is 0 Å². The monoisotopic (exact) mass is 522 g/mol. The molecule has 3 aliphatic rings. The molecule has 0 aromatic rings. The Morgan fingerprint density at radius 1 is 1.07 bits per heavy atom. The number of rotatable bonds is 7. The Balaban J connectivity index is 0.00000300. The second-order valence-corrected chi connectivity index (χ2v) is 8.77. The number of halogens is 1. The summed E-state index contributed by atoms with van der Waals surface area (Å²) in [5.74, 6) is 1.98. The van der Waals surface area contributed by atoms with Gasteiger partial charge in [-0.2, -0.15) is 0 Å². The molecule has 3 rings (SSSR count). The predicted molar refractivity (Wildman–Crippen MR) is 130 cm³/mol. The number of ether oxygens (including phenoxy) is 2. The molecule has 3 heterocycles. The van der Waals surface area contributed by atoms with Crippen LogP contribution in [0.4, 0.5) is 0 Å². The zero-order valence-corrected chi connectivity index (χ0v) is 20.9. The Kier molecular flexibility index (Phi) is 12.2. The number of nitrogens with one attached hydrogen (secondary N) is 1. The molecule has 7 heteroatoms. The summed E-state index contributed by atoms with van der Waals surface area (Å²) in [5.41, 5.74) is 0. The SMILES string of the molecule is CCNC(=NCCN1CCC(C)CC1)N1CCC(OCC2CCCCO2)CC1.I. The molecule has 1 unspecified atom stereocenters. The van der Waals surface area contributed by atoms with Gasteiger partial charge in [0.2, 0.25) is 0 Å². The average molecular weight is 523 g/mol. The van der Waals surface area contributed by atoms with Crippen LogP contribution in [0.25, 0.3) is 0 Å². The molecule has 0 amide bonds. The molecule has 0 aromatic heterocycles. The van der Waals surface area contributed by atoms with Gasteiger partial charge in [-0.25, -0.2) is 0 Å². The van der Waals surface area contributed by atoms with Crippen LogP contribution in [0, 0.1) is 5.92 Å². The number of piperidine rings is 2. The highest BCUT2D eigenvalue weighted by Crippen LogP contribution is 2.18. The largest absolute Gasteiger partial charge is 0.376 e. The Bertz CT molecular complexity index is 458. The molecular formula is C22H43IN4O2. The lowest BCUT2D eigenvalue weighted by molar-refractivity contribution is -0.0721. The van der Waals surface area contributed by atoms with Crippen molar-refractivity contribution in [3.8, 4) is 0 Å². The molecule has 0 aliphatic carbocycles. The fraction of sp³-hybridized carbons (Fsp3) is 0.955. The molecular weight excluding hydrogens is 479 g/mol. The van der Waals surface area contributed by atoms with Crippen molar-refractivity contribution in [2.75, 3.05) is 59.0 Å². The summed E-state index contributed by atoms with van der Waals surface area (Å²) < 4.78 is 12.0. The number of hydrogen-bond donors (Lipinski definition) is 1. The van der Waals surface area contributed by atoms with Crippen LogP contribution in [-0.4, -0.2) is 87.0 Å². The summed E-state index contributed by atoms with van der Waals surface area (Å²) in [7, 11) is 0. The fourth-order valence-corrected chi connectivity index (χ4v) is 4.43. The highest BCUT2D eigenvalue weighted by molar-refractivity contribution is 14.0. The summed E-state index contributed by atoms with van der Waals surface area (Å²) in [5, 5.41) is 3.49. The van der Waals surface area contributed by atoms with Gasteiger partial charge in [-0.1, -0.05) is 6.92 Å². The number of guanidine groups is 1. The third kappa shape index (κ3) is 8.87. The predicted octanol–water partition coefficient (Wildman–Crippen LogP) is 3.35. The van der Waals surface area contributed by atoms with Crippen LogP contribution < -0.4 is 5.32 Å². The first kappa shape index (κ1) is 25.1. The molecule has 3 saturated heterocycles. The Morgan fingerprint density at radius 2 is 1.83 bits per heavy atom. The molecule has 29 heavy (non-hydrogen) atoms. The van der Waals surface area contributed by atoms with E-state index in [1.807, 2.05) is 0 Å². The zero-order chi connectivity index (χ0) is 19.6. The number of hydrogen-bond acceptors (Lipinski definition) is 4. The van der Waals surface area contributed by atoms with Crippen molar-refractivity contribution >= 4 is 29.9 Å². The minimum absolute atomic E-state index is 0. The maximum Gasteiger partial charge on any atom is 0.193 e. The molecule has 1 N–H and O–H groups in total. The Labute approximate surface area is 195 Å². The summed E-state index contributed by atoms with van der Waals surface area (Å²) in [6.07, 6.45) is 9.19. The topological polar surface area (TPSA) is 49.3 Å². The number of likely N-dealkylation sites (tertiary alicyclic amines) is 2. The van der Waals surface area contributed by atoms with Gasteiger partial charge in [-0.15, -0.1) is 24.0 Å². The van der Waals surface area contributed by atoms with E-state index in [0.717, 1.165) is 77.1 Å². The number of aliphatic imine (C=N–C) groups is 1. The molecule has 170 valence electrons. The van der Waals surface area contributed by atoms with Crippen LogP contribution in [0.3, 0.4) is 0 Å². The second-order valence-electron chi connectivity index (χ2n) is 8.77. The van der Waals surface area contributed by atoms with Crippen LogP contribution in [0.15, 0.2) is 4.99 Å². The van der Waals surface area contributed by atoms with Gasteiger partial charge in [0.25, 0.3) is 0 Å². The fourth-order valence-electron chi connectivity index (χ4n) is 4.43. The summed E-state index contributed by atoms with van der Waals surface area (Å²) in [4.78, 5) is 9.91. The maximum absolute atomic E-state index is 6.16. The quantitative estimate of drug-likeness (QED) is 0.316. The van der Waals surface area contributed by atoms with Gasteiger partial charge in [0.05, 0.1) is 25.4 Å². The van der Waals surface area contributed by atoms with E-state index in [4.69, 9.17) is 14.5 Å². The third-order valence-electron chi connectivity index (χ3n) is 6.42. The van der Waals surface area contributed by atoms with E-state index in [1.54, 1.807) is 0 Å². The van der Waals surface area contributed by atoms with Crippen molar-refractivity contribution in [2.45, 2.75) is 71.0 Å². The number of nitrogens with zero attached hydrogens (tertiary/aromatic N) is 3. The van der Waals surface area contributed by atoms with E-state index >= 15 is 0 Å². The minimum atomic E-state index is 0. The standard InChI is InChI=1S/C22H42N4O2.HI/c1-3-23-22(24-11-16-25-12-7-19(2)8-13-25)26-14-9-20(10-15-26)28-18-21-6-4-5-17-27-21;/h19-21H,3-18H2,1-2H3,(H,23,24);1H. The molecule has 6 nitrogen and oxygen atoms in total. The first-order valence-corrected chi connectivity index (χ1v) is 11.7. The Hall–Kier alpha value is -0.120. The van der Waals surface area contributed by atoms with Crippen LogP contribution >= 0.6 is 24.0 Å². The molecule has 0 bridgehead atoms. The highest BCUT2D eigenvalue weighted by atomic mass is 127. The van der Waals surface area contributed by atoms with Gasteiger partial charge in [0.1, 0.15) is 0 Å². The molecule has 1 atom stereocenters. The molecule has 0 radical (unpaired) electrons. The van der Waals surface area contributed by atoms with Crippen molar-refractivity contribution in [3.05, 3.63) is 0 Å². The summed E-state index contributed by atoms with van der Waals surface area (Å²) in [6.45, 7) is 13.6. The summed E-state index contributed by atoms with van der Waals surface area (Å²) >= 11 is 0. The third-order valence-corrected chi connectivity index (χ3v) is 6.42. The van der Waals surface area contributed by atoms with E-state index in [0.29, 0.717) is 12.2 Å². The van der Waals surface area contributed by atoms with Gasteiger partial charge < -0.3 is 24.6 Å². The summed E-state index contributed by atoms with van der Waals surface area (Å²) in [6, 6.07) is 0. The van der Waals surface area contributed by atoms with Crippen LogP contribution in [0.5, 0.6) is 0 Å². The average Bonchev–Trinajstić information content (AvgIpc) is 2.74. The first-order chi connectivity index (χ1) is 13.7. The van der Waals surface area contributed by atoms with E-state index in [9.17, 15) is 0 Å². The maximum atomic E-state index is 6.16. The van der Waals surface area contributed by atoms with E-state index in [2.05, 4.69) is 29.0 Å². The van der Waals surface area contributed by atoms with Gasteiger partial charge in [0.15, 0.2) is 5.96 Å². The van der Waals surface area contributed by atoms with Crippen molar-refractivity contribution in [3.63, 3.8) is 0 Å². The second kappa shape index (κ2) is 14.0. The lowest BCUT2D eigenvalue weighted by Gasteiger charge is -2.35. The van der Waals surface area contributed by atoms with Gasteiger partial charge in [0, 0.05) is 32.8 Å². The van der Waals surface area contributed by atoms with Crippen LogP contribution in [-0.2, 0) is 9.47 Å². The van der Waals surface area contributed by atoms with Gasteiger partial charge >= 0.3 is 0 Å². The van der Waals surface area contributed by atoms with E-state index in [1.165, 1.54) is 38.8 Å². The van der Waals surface area contributed by atoms with Crippen molar-refractivity contribution in [1.29, 1.82) is 0 Å². The van der Waals surface area contributed by atoms with Gasteiger partial charge in [-0.3, -0.25) is 4.99 Å². The van der Waals surface area contributed by atoms with E-state index < -0.39 is 0 Å². The highest BCUT2D eigenvalue weighted by Gasteiger charge is 2.24. The zero-order valence-electron chi connectivity index (χ0n) is 18.6. The van der Waals surface area contributed by atoms with E-state index in [-0.39, 0.29) is 24.0 Å². The molecule has 3 aliphatic heterocycles. The first-order valence-electron chi connectivity index (χ1n) is 11.7. The smallest absolute Gasteiger partial charge is 0.193 e. The lowest BCUT2D eigenvalue weighted by atomic mass is 9.99. The molecule has 0 spiro atoms.